The van der Waals surface area contributed by atoms with Crippen LogP contribution < -0.4 is 0 Å². The van der Waals surface area contributed by atoms with Gasteiger partial charge < -0.3 is 4.74 Å². The van der Waals surface area contributed by atoms with Crippen LogP contribution in [0.1, 0.15) is 6.92 Å². The van der Waals surface area contributed by atoms with Crippen LogP contribution in [0.25, 0.3) is 0 Å². The lowest BCUT2D eigenvalue weighted by molar-refractivity contribution is -0.499. The van der Waals surface area contributed by atoms with Crippen molar-refractivity contribution in [3.63, 3.8) is 0 Å². The first-order valence-electron chi connectivity index (χ1n) is 3.14. The van der Waals surface area contributed by atoms with Gasteiger partial charge in [0.2, 0.25) is 0 Å². The minimum absolute atomic E-state index is 0.161. The number of ether oxygens (including phenoxy) is 1. The summed E-state index contributed by atoms with van der Waals surface area (Å²) < 4.78 is 28.4. The van der Waals surface area contributed by atoms with Crippen molar-refractivity contribution in [3.05, 3.63) is 0 Å². The minimum Gasteiger partial charge on any atom is -0.379 e. The largest absolute Gasteiger partial charge is 0.534 e. The Labute approximate surface area is 63.8 Å². The van der Waals surface area contributed by atoms with Crippen LogP contribution in [0.2, 0.25) is 0 Å². The second-order valence-electron chi connectivity index (χ2n) is 1.69. The van der Waals surface area contributed by atoms with Crippen molar-refractivity contribution >= 4 is 7.82 Å². The van der Waals surface area contributed by atoms with E-state index in [0.717, 1.165) is 0 Å². The van der Waals surface area contributed by atoms with Gasteiger partial charge in [-0.2, -0.15) is 0 Å². The average Bonchev–Trinajstić information content (AvgIpc) is 1.95. The third-order valence-corrected chi connectivity index (χ3v) is 1.91. The maximum atomic E-state index is 10.8. The predicted octanol–water partition coefficient (Wildman–Crippen LogP) is 1.04. The van der Waals surface area contributed by atoms with Gasteiger partial charge in [-0.05, 0) is 12.0 Å². The Kier molecular flexibility index (Phi) is 3.45. The van der Waals surface area contributed by atoms with Gasteiger partial charge in [0.25, 0.3) is 0 Å². The van der Waals surface area contributed by atoms with Crippen LogP contribution in [0, 0.1) is 0 Å². The Hall–Kier alpha value is 0.0300. The molecular formula is C4H9O6P. The Morgan fingerprint density at radius 3 is 2.55 bits per heavy atom. The summed E-state index contributed by atoms with van der Waals surface area (Å²) in [5.41, 5.74) is 0. The van der Waals surface area contributed by atoms with Gasteiger partial charge in [0.1, 0.15) is 0 Å². The van der Waals surface area contributed by atoms with Gasteiger partial charge in [0.15, 0.2) is 0 Å². The van der Waals surface area contributed by atoms with Crippen LogP contribution in [0.5, 0.6) is 0 Å². The molecule has 0 N–H and O–H groups in total. The van der Waals surface area contributed by atoms with E-state index in [1.807, 2.05) is 6.92 Å². The van der Waals surface area contributed by atoms with E-state index >= 15 is 0 Å². The van der Waals surface area contributed by atoms with Crippen LogP contribution in [-0.2, 0) is 28.2 Å². The molecule has 0 radical (unpaired) electrons. The van der Waals surface area contributed by atoms with Crippen molar-refractivity contribution in [1.29, 1.82) is 0 Å². The smallest absolute Gasteiger partial charge is 0.379 e. The number of hydrogen-bond acceptors (Lipinski definition) is 6. The molecule has 11 heavy (non-hydrogen) atoms. The van der Waals surface area contributed by atoms with Crippen molar-refractivity contribution in [1.82, 2.24) is 0 Å². The summed E-state index contributed by atoms with van der Waals surface area (Å²) in [6.07, 6.45) is 0. The van der Waals surface area contributed by atoms with Crippen molar-refractivity contribution in [3.8, 4) is 0 Å². The molecule has 0 aromatic rings. The first kappa shape index (κ1) is 9.12. The molecule has 7 heteroatoms. The van der Waals surface area contributed by atoms with Crippen LogP contribution in [0.4, 0.5) is 0 Å². The quantitative estimate of drug-likeness (QED) is 0.361. The number of hydrogen-bond donors (Lipinski definition) is 0. The highest BCUT2D eigenvalue weighted by molar-refractivity contribution is 7.48. The van der Waals surface area contributed by atoms with Gasteiger partial charge in [0.05, 0.1) is 13.2 Å². The van der Waals surface area contributed by atoms with Gasteiger partial charge in [-0.15, -0.1) is 0 Å². The summed E-state index contributed by atoms with van der Waals surface area (Å²) in [4.78, 5) is 0. The second kappa shape index (κ2) is 4.15. The summed E-state index contributed by atoms with van der Waals surface area (Å²) in [5.74, 6) is 0. The zero-order valence-electron chi connectivity index (χ0n) is 6.02. The minimum atomic E-state index is -3.34. The normalized spacial score (nSPS) is 21.2. The van der Waals surface area contributed by atoms with E-state index in [2.05, 4.69) is 18.9 Å². The lowest BCUT2D eigenvalue weighted by Crippen LogP contribution is -2.12. The standard InChI is InChI=1S/C4H9O6P/c1-2-6-3-4-7-11(5)9-8-10-11/h2-4H2,1H3. The molecule has 1 rings (SSSR count). The molecule has 0 saturated carbocycles. The molecular weight excluding hydrogens is 175 g/mol. The highest BCUT2D eigenvalue weighted by atomic mass is 31.2. The maximum Gasteiger partial charge on any atom is 0.534 e. The summed E-state index contributed by atoms with van der Waals surface area (Å²) >= 11 is 0. The fourth-order valence-electron chi connectivity index (χ4n) is 0.475. The molecule has 0 aromatic heterocycles. The molecule has 1 heterocycles. The molecule has 1 aliphatic heterocycles. The third-order valence-electron chi connectivity index (χ3n) is 0.925. The number of rotatable bonds is 5. The summed E-state index contributed by atoms with van der Waals surface area (Å²) in [6.45, 7) is 2.95. The van der Waals surface area contributed by atoms with E-state index in [9.17, 15) is 4.57 Å². The van der Waals surface area contributed by atoms with Gasteiger partial charge in [-0.3, -0.25) is 4.52 Å². The summed E-state index contributed by atoms with van der Waals surface area (Å²) in [5, 5.41) is 3.77. The van der Waals surface area contributed by atoms with Gasteiger partial charge >= 0.3 is 7.82 Å². The van der Waals surface area contributed by atoms with E-state index in [-0.39, 0.29) is 6.61 Å². The van der Waals surface area contributed by atoms with Crippen LogP contribution in [0.3, 0.4) is 0 Å². The molecule has 1 saturated heterocycles. The van der Waals surface area contributed by atoms with E-state index in [1.165, 1.54) is 0 Å². The van der Waals surface area contributed by atoms with Crippen molar-refractivity contribution in [2.45, 2.75) is 6.92 Å². The summed E-state index contributed by atoms with van der Waals surface area (Å²) in [7, 11) is -3.34. The molecule has 6 nitrogen and oxygen atoms in total. The van der Waals surface area contributed by atoms with Crippen LogP contribution >= 0.6 is 7.82 Å². The van der Waals surface area contributed by atoms with Gasteiger partial charge in [-0.1, -0.05) is 9.35 Å². The molecule has 1 fully saturated rings. The Bertz CT molecular complexity index is 151. The SMILES string of the molecule is CCOCCOP1(=O)OOO1. The molecule has 0 atom stereocenters. The second-order valence-corrected chi connectivity index (χ2v) is 3.15. The zero-order chi connectivity index (χ0) is 8.16. The van der Waals surface area contributed by atoms with Gasteiger partial charge in [0, 0.05) is 6.61 Å². The van der Waals surface area contributed by atoms with E-state index in [4.69, 9.17) is 4.74 Å². The molecule has 0 bridgehead atoms. The monoisotopic (exact) mass is 184 g/mol. The van der Waals surface area contributed by atoms with Crippen LogP contribution in [-0.4, -0.2) is 19.8 Å². The third kappa shape index (κ3) is 2.86. The highest BCUT2D eigenvalue weighted by Crippen LogP contribution is 2.57. The topological polar surface area (TPSA) is 63.2 Å². The lowest BCUT2D eigenvalue weighted by Gasteiger charge is -2.20. The maximum absolute atomic E-state index is 10.8. The molecule has 0 spiro atoms. The molecule has 0 aliphatic carbocycles. The first-order chi connectivity index (χ1) is 5.27. The molecule has 1 aliphatic rings. The molecule has 0 aromatic carbocycles. The Morgan fingerprint density at radius 1 is 1.36 bits per heavy atom. The number of phosphoric acid groups is 1. The van der Waals surface area contributed by atoms with E-state index in [1.54, 1.807) is 0 Å². The van der Waals surface area contributed by atoms with E-state index < -0.39 is 7.82 Å². The van der Waals surface area contributed by atoms with Crippen molar-refractivity contribution < 1.29 is 28.2 Å². The van der Waals surface area contributed by atoms with Crippen molar-refractivity contribution in [2.75, 3.05) is 19.8 Å². The average molecular weight is 184 g/mol. The molecule has 0 amide bonds. The lowest BCUT2D eigenvalue weighted by atomic mass is 10.8. The molecule has 0 unspecified atom stereocenters. The van der Waals surface area contributed by atoms with Gasteiger partial charge in [-0.25, -0.2) is 4.57 Å². The fraction of sp³-hybridized carbons (Fsp3) is 1.00. The van der Waals surface area contributed by atoms with E-state index in [0.29, 0.717) is 13.2 Å². The van der Waals surface area contributed by atoms with Crippen LogP contribution in [0.15, 0.2) is 0 Å². The predicted molar refractivity (Wildman–Crippen MR) is 33.3 cm³/mol. The fourth-order valence-corrected chi connectivity index (χ4v) is 1.02. The first-order valence-corrected chi connectivity index (χ1v) is 4.60. The Balaban J connectivity index is 1.98. The van der Waals surface area contributed by atoms with Crippen molar-refractivity contribution in [2.24, 2.45) is 0 Å². The molecule has 66 valence electrons. The highest BCUT2D eigenvalue weighted by Gasteiger charge is 2.40. The Morgan fingerprint density at radius 2 is 2.09 bits per heavy atom. The summed E-state index contributed by atoms with van der Waals surface area (Å²) in [6, 6.07) is 0. The zero-order valence-corrected chi connectivity index (χ0v) is 6.91.